The lowest BCUT2D eigenvalue weighted by Gasteiger charge is -2.35. The molecular weight excluding hydrogens is 321 g/mol. The second kappa shape index (κ2) is 6.16. The molecule has 4 rings (SSSR count). The van der Waals surface area contributed by atoms with Gasteiger partial charge in [0.15, 0.2) is 5.82 Å². The number of hydrogen-bond acceptors (Lipinski definition) is 4. The molecular formula is C18H18FN5O. The molecule has 2 aromatic heterocycles. The molecule has 7 heteroatoms. The molecule has 0 atom stereocenters. The maximum atomic E-state index is 13.0. The molecule has 0 bridgehead atoms. The van der Waals surface area contributed by atoms with Gasteiger partial charge in [0.2, 0.25) is 0 Å². The van der Waals surface area contributed by atoms with Crippen molar-refractivity contribution in [1.82, 2.24) is 19.5 Å². The molecule has 0 saturated carbocycles. The predicted molar refractivity (Wildman–Crippen MR) is 92.2 cm³/mol. The Morgan fingerprint density at radius 2 is 1.84 bits per heavy atom. The van der Waals surface area contributed by atoms with Gasteiger partial charge in [-0.3, -0.25) is 4.79 Å². The van der Waals surface area contributed by atoms with E-state index in [0.717, 1.165) is 17.0 Å². The molecule has 1 aliphatic rings. The zero-order chi connectivity index (χ0) is 17.4. The number of piperazine rings is 1. The molecule has 128 valence electrons. The number of fused-ring (bicyclic) bond motifs is 1. The Labute approximate surface area is 144 Å². The van der Waals surface area contributed by atoms with Gasteiger partial charge in [-0.2, -0.15) is 5.10 Å². The van der Waals surface area contributed by atoms with Crippen molar-refractivity contribution in [2.24, 2.45) is 0 Å². The van der Waals surface area contributed by atoms with Crippen LogP contribution in [0.25, 0.3) is 5.52 Å². The van der Waals surface area contributed by atoms with Gasteiger partial charge in [0, 0.05) is 44.1 Å². The standard InChI is InChI=1S/C18H18FN5O/c1-13-12-16-17(20-6-7-24(16)21-13)22-8-10-23(11-9-22)18(25)14-2-4-15(19)5-3-14/h2-7,12H,8-11H2,1H3. The zero-order valence-corrected chi connectivity index (χ0v) is 13.9. The molecule has 1 aliphatic heterocycles. The quantitative estimate of drug-likeness (QED) is 0.718. The van der Waals surface area contributed by atoms with Crippen LogP contribution in [-0.2, 0) is 0 Å². The molecule has 1 fully saturated rings. The average molecular weight is 339 g/mol. The largest absolute Gasteiger partial charge is 0.351 e. The minimum absolute atomic E-state index is 0.0639. The summed E-state index contributed by atoms with van der Waals surface area (Å²) in [4.78, 5) is 21.0. The lowest BCUT2D eigenvalue weighted by molar-refractivity contribution is 0.0746. The van der Waals surface area contributed by atoms with Crippen molar-refractivity contribution >= 4 is 17.2 Å². The first-order valence-electron chi connectivity index (χ1n) is 8.22. The van der Waals surface area contributed by atoms with Crippen LogP contribution in [0.15, 0.2) is 42.7 Å². The van der Waals surface area contributed by atoms with Gasteiger partial charge in [-0.1, -0.05) is 0 Å². The van der Waals surface area contributed by atoms with Crippen LogP contribution >= 0.6 is 0 Å². The number of aryl methyl sites for hydroxylation is 1. The number of carbonyl (C=O) groups is 1. The van der Waals surface area contributed by atoms with Crippen molar-refractivity contribution in [3.8, 4) is 0 Å². The van der Waals surface area contributed by atoms with E-state index in [1.807, 2.05) is 23.7 Å². The molecule has 1 saturated heterocycles. The molecule has 0 radical (unpaired) electrons. The number of rotatable bonds is 2. The molecule has 0 unspecified atom stereocenters. The number of carbonyl (C=O) groups excluding carboxylic acids is 1. The summed E-state index contributed by atoms with van der Waals surface area (Å²) in [6.45, 7) is 4.56. The Bertz CT molecular complexity index is 913. The van der Waals surface area contributed by atoms with Crippen molar-refractivity contribution < 1.29 is 9.18 Å². The van der Waals surface area contributed by atoms with Crippen LogP contribution in [0.4, 0.5) is 10.2 Å². The Hall–Kier alpha value is -2.96. The molecule has 0 aliphatic carbocycles. The van der Waals surface area contributed by atoms with Crippen molar-refractivity contribution in [2.75, 3.05) is 31.1 Å². The maximum absolute atomic E-state index is 13.0. The van der Waals surface area contributed by atoms with Gasteiger partial charge >= 0.3 is 0 Å². The Morgan fingerprint density at radius 1 is 1.12 bits per heavy atom. The van der Waals surface area contributed by atoms with Crippen LogP contribution < -0.4 is 4.90 Å². The van der Waals surface area contributed by atoms with Gasteiger partial charge in [-0.05, 0) is 37.3 Å². The fraction of sp³-hybridized carbons (Fsp3) is 0.278. The second-order valence-corrected chi connectivity index (χ2v) is 6.15. The van der Waals surface area contributed by atoms with Gasteiger partial charge in [0.25, 0.3) is 5.91 Å². The molecule has 3 heterocycles. The van der Waals surface area contributed by atoms with Gasteiger partial charge in [-0.25, -0.2) is 13.9 Å². The van der Waals surface area contributed by atoms with E-state index in [4.69, 9.17) is 0 Å². The SMILES string of the molecule is Cc1cc2c(N3CCN(C(=O)c4ccc(F)cc4)CC3)nccn2n1. The van der Waals surface area contributed by atoms with Gasteiger partial charge in [0.05, 0.1) is 5.69 Å². The highest BCUT2D eigenvalue weighted by Gasteiger charge is 2.24. The smallest absolute Gasteiger partial charge is 0.253 e. The Kier molecular flexibility index (Phi) is 3.83. The van der Waals surface area contributed by atoms with E-state index in [-0.39, 0.29) is 11.7 Å². The summed E-state index contributed by atoms with van der Waals surface area (Å²) < 4.78 is 14.8. The van der Waals surface area contributed by atoms with Crippen molar-refractivity contribution in [3.05, 3.63) is 59.8 Å². The Balaban J connectivity index is 1.49. The fourth-order valence-electron chi connectivity index (χ4n) is 3.17. The van der Waals surface area contributed by atoms with Gasteiger partial charge in [-0.15, -0.1) is 0 Å². The van der Waals surface area contributed by atoms with Gasteiger partial charge in [0.1, 0.15) is 11.3 Å². The van der Waals surface area contributed by atoms with Crippen LogP contribution in [0.2, 0.25) is 0 Å². The highest BCUT2D eigenvalue weighted by molar-refractivity contribution is 5.94. The fourth-order valence-corrected chi connectivity index (χ4v) is 3.17. The first kappa shape index (κ1) is 15.6. The molecule has 0 N–H and O–H groups in total. The van der Waals surface area contributed by atoms with Crippen molar-refractivity contribution in [2.45, 2.75) is 6.92 Å². The number of aromatic nitrogens is 3. The minimum Gasteiger partial charge on any atom is -0.351 e. The van der Waals surface area contributed by atoms with Crippen molar-refractivity contribution in [1.29, 1.82) is 0 Å². The van der Waals surface area contributed by atoms with Crippen molar-refractivity contribution in [3.63, 3.8) is 0 Å². The molecule has 1 aromatic carbocycles. The van der Waals surface area contributed by atoms with E-state index in [1.54, 1.807) is 11.1 Å². The number of anilines is 1. The zero-order valence-electron chi connectivity index (χ0n) is 13.9. The van der Waals surface area contributed by atoms with E-state index < -0.39 is 0 Å². The lowest BCUT2D eigenvalue weighted by atomic mass is 10.1. The first-order chi connectivity index (χ1) is 12.1. The first-order valence-corrected chi connectivity index (χ1v) is 8.22. The van der Waals surface area contributed by atoms with E-state index in [2.05, 4.69) is 15.0 Å². The third kappa shape index (κ3) is 2.93. The summed E-state index contributed by atoms with van der Waals surface area (Å²) in [5.74, 6) is 0.486. The number of nitrogens with zero attached hydrogens (tertiary/aromatic N) is 5. The summed E-state index contributed by atoms with van der Waals surface area (Å²) in [6.07, 6.45) is 3.57. The van der Waals surface area contributed by atoms with Crippen LogP contribution in [-0.4, -0.2) is 51.6 Å². The Morgan fingerprint density at radius 3 is 2.56 bits per heavy atom. The van der Waals surface area contributed by atoms with E-state index >= 15 is 0 Å². The molecule has 0 spiro atoms. The van der Waals surface area contributed by atoms with Crippen LogP contribution in [0, 0.1) is 12.7 Å². The predicted octanol–water partition coefficient (Wildman–Crippen LogP) is 2.14. The van der Waals surface area contributed by atoms with Gasteiger partial charge < -0.3 is 9.80 Å². The minimum atomic E-state index is -0.336. The van der Waals surface area contributed by atoms with Crippen LogP contribution in [0.3, 0.4) is 0 Å². The van der Waals surface area contributed by atoms with Crippen LogP contribution in [0.5, 0.6) is 0 Å². The highest BCUT2D eigenvalue weighted by Crippen LogP contribution is 2.21. The third-order valence-corrected chi connectivity index (χ3v) is 4.45. The molecule has 3 aromatic rings. The summed E-state index contributed by atoms with van der Waals surface area (Å²) in [5.41, 5.74) is 2.43. The molecule has 6 nitrogen and oxygen atoms in total. The second-order valence-electron chi connectivity index (χ2n) is 6.15. The van der Waals surface area contributed by atoms with Crippen LogP contribution in [0.1, 0.15) is 16.1 Å². The maximum Gasteiger partial charge on any atom is 0.253 e. The number of halogens is 1. The third-order valence-electron chi connectivity index (χ3n) is 4.45. The normalized spacial score (nSPS) is 15.0. The summed E-state index contributed by atoms with van der Waals surface area (Å²) >= 11 is 0. The topological polar surface area (TPSA) is 53.7 Å². The summed E-state index contributed by atoms with van der Waals surface area (Å²) in [7, 11) is 0. The number of hydrogen-bond donors (Lipinski definition) is 0. The molecule has 1 amide bonds. The lowest BCUT2D eigenvalue weighted by Crippen LogP contribution is -2.49. The monoisotopic (exact) mass is 339 g/mol. The summed E-state index contributed by atoms with van der Waals surface area (Å²) in [6, 6.07) is 7.70. The highest BCUT2D eigenvalue weighted by atomic mass is 19.1. The average Bonchev–Trinajstić information content (AvgIpc) is 3.02. The summed E-state index contributed by atoms with van der Waals surface area (Å²) in [5, 5.41) is 4.41. The molecule has 25 heavy (non-hydrogen) atoms. The van der Waals surface area contributed by atoms with E-state index in [0.29, 0.717) is 31.7 Å². The van der Waals surface area contributed by atoms with E-state index in [9.17, 15) is 9.18 Å². The number of amides is 1. The van der Waals surface area contributed by atoms with E-state index in [1.165, 1.54) is 24.3 Å². The number of benzene rings is 1.